The summed E-state index contributed by atoms with van der Waals surface area (Å²) in [7, 11) is 0. The molecule has 0 saturated carbocycles. The van der Waals surface area contributed by atoms with Crippen molar-refractivity contribution in [2.45, 2.75) is 77.0 Å². The van der Waals surface area contributed by atoms with Crippen LogP contribution in [0.4, 0.5) is 5.69 Å². The van der Waals surface area contributed by atoms with Crippen LogP contribution in [0.25, 0.3) is 0 Å². The van der Waals surface area contributed by atoms with Gasteiger partial charge in [-0.3, -0.25) is 4.79 Å². The fourth-order valence-electron chi connectivity index (χ4n) is 6.29. The van der Waals surface area contributed by atoms with Crippen LogP contribution in [0.2, 0.25) is 0 Å². The number of carbonyl (C=O) groups excluding carboxylic acids is 1. The predicted molar refractivity (Wildman–Crippen MR) is 148 cm³/mol. The van der Waals surface area contributed by atoms with E-state index in [4.69, 9.17) is 4.74 Å². The second-order valence-electron chi connectivity index (χ2n) is 11.1. The first kappa shape index (κ1) is 25.3. The van der Waals surface area contributed by atoms with Gasteiger partial charge in [0.05, 0.1) is 6.61 Å². The summed E-state index contributed by atoms with van der Waals surface area (Å²) in [5.41, 5.74) is 5.03. The van der Waals surface area contributed by atoms with Gasteiger partial charge in [0.25, 0.3) is 0 Å². The van der Waals surface area contributed by atoms with Crippen LogP contribution in [0, 0.1) is 5.92 Å². The standard InChI is InChI=1S/C32H44N2O2/c35-32(29-12-11-26-9-4-5-10-28(26)25-29)27-17-22-34(23-18-27)30-13-15-31(16-14-30)36-24-8-21-33-19-6-2-1-3-7-20-33/h11-16,25,27H,1-10,17-24H2. The highest BCUT2D eigenvalue weighted by Gasteiger charge is 2.26. The summed E-state index contributed by atoms with van der Waals surface area (Å²) in [6, 6.07) is 15.0. The van der Waals surface area contributed by atoms with Gasteiger partial charge in [0.15, 0.2) is 5.78 Å². The number of hydrogen-bond donors (Lipinski definition) is 0. The normalized spacial score (nSPS) is 19.8. The molecule has 2 aliphatic heterocycles. The molecule has 0 amide bonds. The summed E-state index contributed by atoms with van der Waals surface area (Å²) in [5.74, 6) is 1.46. The van der Waals surface area contributed by atoms with Crippen LogP contribution in [0.1, 0.15) is 85.7 Å². The first-order valence-corrected chi connectivity index (χ1v) is 14.6. The third kappa shape index (κ3) is 6.70. The van der Waals surface area contributed by atoms with Gasteiger partial charge in [-0.2, -0.15) is 0 Å². The Bertz CT molecular complexity index is 970. The Morgan fingerprint density at radius 1 is 0.778 bits per heavy atom. The number of ketones is 1. The van der Waals surface area contributed by atoms with Crippen LogP contribution in [0.3, 0.4) is 0 Å². The summed E-state index contributed by atoms with van der Waals surface area (Å²) >= 11 is 0. The molecule has 4 heteroatoms. The molecule has 3 aliphatic rings. The minimum atomic E-state index is 0.152. The van der Waals surface area contributed by atoms with E-state index in [-0.39, 0.29) is 5.92 Å². The zero-order valence-electron chi connectivity index (χ0n) is 22.1. The summed E-state index contributed by atoms with van der Waals surface area (Å²) in [4.78, 5) is 18.2. The number of carbonyl (C=O) groups is 1. The Balaban J connectivity index is 1.05. The highest BCUT2D eigenvalue weighted by molar-refractivity contribution is 5.98. The van der Waals surface area contributed by atoms with Gasteiger partial charge < -0.3 is 14.5 Å². The molecule has 0 atom stereocenters. The highest BCUT2D eigenvalue weighted by Crippen LogP contribution is 2.29. The average Bonchev–Trinajstić information content (AvgIpc) is 2.92. The number of ether oxygens (including phenoxy) is 1. The van der Waals surface area contributed by atoms with Crippen molar-refractivity contribution < 1.29 is 9.53 Å². The van der Waals surface area contributed by atoms with Gasteiger partial charge >= 0.3 is 0 Å². The Hall–Kier alpha value is -2.33. The first-order chi connectivity index (χ1) is 17.8. The molecule has 1 aliphatic carbocycles. The minimum Gasteiger partial charge on any atom is -0.494 e. The monoisotopic (exact) mass is 488 g/mol. The highest BCUT2D eigenvalue weighted by atomic mass is 16.5. The summed E-state index contributed by atoms with van der Waals surface area (Å²) in [5, 5.41) is 0. The van der Waals surface area contributed by atoms with E-state index >= 15 is 0 Å². The van der Waals surface area contributed by atoms with E-state index in [0.717, 1.165) is 63.2 Å². The van der Waals surface area contributed by atoms with Gasteiger partial charge in [0.1, 0.15) is 5.75 Å². The lowest BCUT2D eigenvalue weighted by atomic mass is 9.85. The maximum absolute atomic E-state index is 13.2. The van der Waals surface area contributed by atoms with Crippen LogP contribution in [-0.4, -0.2) is 50.0 Å². The van der Waals surface area contributed by atoms with Crippen molar-refractivity contribution in [2.75, 3.05) is 44.2 Å². The number of anilines is 1. The van der Waals surface area contributed by atoms with Crippen molar-refractivity contribution >= 4 is 11.5 Å². The van der Waals surface area contributed by atoms with Crippen molar-refractivity contribution in [3.63, 3.8) is 0 Å². The second-order valence-corrected chi connectivity index (χ2v) is 11.1. The van der Waals surface area contributed by atoms with Gasteiger partial charge in [-0.25, -0.2) is 0 Å². The fraction of sp³-hybridized carbons (Fsp3) is 0.594. The van der Waals surface area contributed by atoms with Crippen LogP contribution in [0.15, 0.2) is 42.5 Å². The number of fused-ring (bicyclic) bond motifs is 1. The lowest BCUT2D eigenvalue weighted by Gasteiger charge is -2.33. The Morgan fingerprint density at radius 3 is 2.22 bits per heavy atom. The van der Waals surface area contributed by atoms with Gasteiger partial charge in [-0.15, -0.1) is 0 Å². The molecule has 0 radical (unpaired) electrons. The van der Waals surface area contributed by atoms with Gasteiger partial charge in [0, 0.05) is 36.8 Å². The molecule has 0 N–H and O–H groups in total. The van der Waals surface area contributed by atoms with Crippen LogP contribution >= 0.6 is 0 Å². The maximum atomic E-state index is 13.2. The van der Waals surface area contributed by atoms with E-state index in [1.165, 1.54) is 81.3 Å². The van der Waals surface area contributed by atoms with Crippen molar-refractivity contribution in [1.82, 2.24) is 4.90 Å². The third-order valence-electron chi connectivity index (χ3n) is 8.54. The van der Waals surface area contributed by atoms with Crippen molar-refractivity contribution in [1.29, 1.82) is 0 Å². The molecule has 0 spiro atoms. The molecule has 0 bridgehead atoms. The molecular formula is C32H44N2O2. The maximum Gasteiger partial charge on any atom is 0.166 e. The molecule has 194 valence electrons. The van der Waals surface area contributed by atoms with Crippen molar-refractivity contribution in [3.8, 4) is 5.75 Å². The Kier molecular flexibility index (Phi) is 8.98. The summed E-state index contributed by atoms with van der Waals surface area (Å²) in [6.07, 6.45) is 14.7. The van der Waals surface area contributed by atoms with E-state index in [1.807, 2.05) is 0 Å². The largest absolute Gasteiger partial charge is 0.494 e. The Morgan fingerprint density at radius 2 is 1.47 bits per heavy atom. The third-order valence-corrected chi connectivity index (χ3v) is 8.54. The average molecular weight is 489 g/mol. The van der Waals surface area contributed by atoms with Gasteiger partial charge in [-0.1, -0.05) is 31.4 Å². The molecule has 0 aromatic heterocycles. The molecule has 2 heterocycles. The first-order valence-electron chi connectivity index (χ1n) is 14.6. The van der Waals surface area contributed by atoms with Crippen LogP contribution in [-0.2, 0) is 12.8 Å². The number of Topliss-reactive ketones (excluding diaryl/α,β-unsaturated/α-hetero) is 1. The van der Waals surface area contributed by atoms with E-state index in [2.05, 4.69) is 52.3 Å². The van der Waals surface area contributed by atoms with Crippen molar-refractivity contribution in [3.05, 3.63) is 59.2 Å². The van der Waals surface area contributed by atoms with Crippen LogP contribution < -0.4 is 9.64 Å². The summed E-state index contributed by atoms with van der Waals surface area (Å²) in [6.45, 7) is 6.33. The predicted octanol–water partition coefficient (Wildman–Crippen LogP) is 6.70. The quantitative estimate of drug-likeness (QED) is 0.306. The molecule has 2 aromatic carbocycles. The fourth-order valence-corrected chi connectivity index (χ4v) is 6.29. The zero-order chi connectivity index (χ0) is 24.6. The molecule has 36 heavy (non-hydrogen) atoms. The number of hydrogen-bond acceptors (Lipinski definition) is 4. The van der Waals surface area contributed by atoms with Crippen LogP contribution in [0.5, 0.6) is 5.75 Å². The number of aryl methyl sites for hydroxylation is 2. The van der Waals surface area contributed by atoms with E-state index in [1.54, 1.807) is 0 Å². The SMILES string of the molecule is O=C(c1ccc2c(c1)CCCC2)C1CCN(c2ccc(OCCCN3CCCCCCC3)cc2)CC1. The lowest BCUT2D eigenvalue weighted by molar-refractivity contribution is 0.0900. The summed E-state index contributed by atoms with van der Waals surface area (Å²) < 4.78 is 6.04. The topological polar surface area (TPSA) is 32.8 Å². The molecule has 5 rings (SSSR count). The number of benzene rings is 2. The molecule has 0 unspecified atom stereocenters. The Labute approximate surface area is 218 Å². The number of nitrogens with zero attached hydrogens (tertiary/aromatic N) is 2. The molecule has 2 saturated heterocycles. The van der Waals surface area contributed by atoms with E-state index < -0.39 is 0 Å². The molecule has 2 aromatic rings. The second kappa shape index (κ2) is 12.8. The van der Waals surface area contributed by atoms with E-state index in [9.17, 15) is 4.79 Å². The lowest BCUT2D eigenvalue weighted by Crippen LogP contribution is -2.36. The molecule has 2 fully saturated rings. The smallest absolute Gasteiger partial charge is 0.166 e. The molecular weight excluding hydrogens is 444 g/mol. The van der Waals surface area contributed by atoms with Crippen molar-refractivity contribution in [2.24, 2.45) is 5.92 Å². The molecule has 4 nitrogen and oxygen atoms in total. The zero-order valence-corrected chi connectivity index (χ0v) is 22.1. The number of likely N-dealkylation sites (tertiary alicyclic amines) is 1. The number of piperidine rings is 1. The van der Waals surface area contributed by atoms with Gasteiger partial charge in [0.2, 0.25) is 0 Å². The minimum absolute atomic E-state index is 0.152. The van der Waals surface area contributed by atoms with Gasteiger partial charge in [-0.05, 0) is 112 Å². The van der Waals surface area contributed by atoms with E-state index in [0.29, 0.717) is 5.78 Å². The number of rotatable bonds is 8.